The van der Waals surface area contributed by atoms with Gasteiger partial charge in [-0.3, -0.25) is 4.79 Å². The largest absolute Gasteiger partial charge is 0.469 e. The van der Waals surface area contributed by atoms with Crippen LogP contribution in [0.5, 0.6) is 0 Å². The van der Waals surface area contributed by atoms with Gasteiger partial charge < -0.3 is 14.2 Å². The number of esters is 1. The van der Waals surface area contributed by atoms with Gasteiger partial charge in [0.25, 0.3) is 0 Å². The number of carbonyl (C=O) groups is 1. The van der Waals surface area contributed by atoms with E-state index in [1.165, 1.54) is 7.11 Å². The Hall–Kier alpha value is -1.07. The number of ether oxygens (including phenoxy) is 1. The molecule has 3 heterocycles. The first kappa shape index (κ1) is 13.9. The minimum absolute atomic E-state index is 0.206. The van der Waals surface area contributed by atoms with Crippen molar-refractivity contribution >= 4 is 17.6 Å². The molecule has 0 amide bonds. The van der Waals surface area contributed by atoms with Gasteiger partial charge in [0.15, 0.2) is 5.15 Å². The highest BCUT2D eigenvalue weighted by Gasteiger charge is 2.35. The van der Waals surface area contributed by atoms with Gasteiger partial charge in [-0.05, 0) is 32.9 Å². The molecule has 5 nitrogen and oxygen atoms in total. The molecule has 6 heteroatoms. The van der Waals surface area contributed by atoms with Gasteiger partial charge in [0, 0.05) is 19.0 Å². The van der Waals surface area contributed by atoms with Crippen LogP contribution < -0.4 is 0 Å². The van der Waals surface area contributed by atoms with Gasteiger partial charge in [-0.15, -0.1) is 0 Å². The first-order chi connectivity index (χ1) is 9.61. The Morgan fingerprint density at radius 2 is 2.20 bits per heavy atom. The maximum Gasteiger partial charge on any atom is 0.314 e. The molecule has 1 aromatic rings. The molecule has 2 aliphatic heterocycles. The minimum Gasteiger partial charge on any atom is -0.469 e. The summed E-state index contributed by atoms with van der Waals surface area (Å²) in [6.45, 7) is 3.00. The van der Waals surface area contributed by atoms with Gasteiger partial charge in [-0.25, -0.2) is 4.98 Å². The Balaban J connectivity index is 1.98. The summed E-state index contributed by atoms with van der Waals surface area (Å²) < 4.78 is 7.07. The Morgan fingerprint density at radius 1 is 1.40 bits per heavy atom. The van der Waals surface area contributed by atoms with Crippen molar-refractivity contribution in [3.8, 4) is 0 Å². The average Bonchev–Trinajstić information content (AvgIpc) is 3.02. The number of carbonyl (C=O) groups excluding carboxylic acids is 1. The zero-order valence-corrected chi connectivity index (χ0v) is 12.7. The van der Waals surface area contributed by atoms with Crippen LogP contribution in [0.15, 0.2) is 0 Å². The Bertz CT molecular complexity index is 529. The van der Waals surface area contributed by atoms with Gasteiger partial charge in [-0.1, -0.05) is 11.6 Å². The molecule has 0 aromatic carbocycles. The second-order valence-corrected chi connectivity index (χ2v) is 6.12. The van der Waals surface area contributed by atoms with Crippen molar-refractivity contribution < 1.29 is 9.53 Å². The number of likely N-dealkylation sites (N-methyl/N-ethyl adjacent to an activating group) is 1. The van der Waals surface area contributed by atoms with Crippen molar-refractivity contribution in [3.63, 3.8) is 0 Å². The number of halogens is 1. The number of likely N-dealkylation sites (tertiary alicyclic amines) is 1. The molecule has 0 aliphatic carbocycles. The number of fused-ring (bicyclic) bond motifs is 1. The molecule has 2 aliphatic rings. The van der Waals surface area contributed by atoms with E-state index in [1.807, 2.05) is 0 Å². The van der Waals surface area contributed by atoms with Crippen LogP contribution in [0.2, 0.25) is 5.15 Å². The summed E-state index contributed by atoms with van der Waals surface area (Å²) in [5.41, 5.74) is 0.856. The van der Waals surface area contributed by atoms with Crippen LogP contribution in [0.25, 0.3) is 0 Å². The number of aromatic nitrogens is 2. The van der Waals surface area contributed by atoms with Crippen molar-refractivity contribution in [1.29, 1.82) is 0 Å². The Labute approximate surface area is 123 Å². The number of methoxy groups -OCH3 is 1. The van der Waals surface area contributed by atoms with E-state index in [-0.39, 0.29) is 11.9 Å². The number of nitrogens with zero attached hydrogens (tertiary/aromatic N) is 3. The highest BCUT2D eigenvalue weighted by molar-refractivity contribution is 6.30. The van der Waals surface area contributed by atoms with Gasteiger partial charge >= 0.3 is 5.97 Å². The maximum absolute atomic E-state index is 11.9. The van der Waals surface area contributed by atoms with E-state index in [1.54, 1.807) is 0 Å². The van der Waals surface area contributed by atoms with Crippen LogP contribution in [0.4, 0.5) is 0 Å². The van der Waals surface area contributed by atoms with Crippen molar-refractivity contribution in [2.24, 2.45) is 0 Å². The maximum atomic E-state index is 11.9. The first-order valence-corrected chi connectivity index (χ1v) is 7.51. The molecule has 0 radical (unpaired) electrons. The quantitative estimate of drug-likeness (QED) is 0.784. The van der Waals surface area contributed by atoms with Gasteiger partial charge in [0.2, 0.25) is 0 Å². The number of hydrogen-bond acceptors (Lipinski definition) is 4. The van der Waals surface area contributed by atoms with E-state index in [9.17, 15) is 4.79 Å². The lowest BCUT2D eigenvalue weighted by Crippen LogP contribution is -2.25. The van der Waals surface area contributed by atoms with Crippen LogP contribution in [0.1, 0.15) is 42.6 Å². The normalized spacial score (nSPS) is 26.6. The lowest BCUT2D eigenvalue weighted by atomic mass is 9.96. The Morgan fingerprint density at radius 3 is 2.85 bits per heavy atom. The number of rotatable bonds is 2. The van der Waals surface area contributed by atoms with Crippen LogP contribution >= 0.6 is 11.6 Å². The summed E-state index contributed by atoms with van der Waals surface area (Å²) in [6.07, 6.45) is 2.86. The zero-order valence-electron chi connectivity index (χ0n) is 11.9. The molecule has 110 valence electrons. The highest BCUT2D eigenvalue weighted by Crippen LogP contribution is 2.38. The summed E-state index contributed by atoms with van der Waals surface area (Å²) >= 11 is 6.32. The highest BCUT2D eigenvalue weighted by atomic mass is 35.5. The molecule has 0 N–H and O–H groups in total. The minimum atomic E-state index is -0.262. The lowest BCUT2D eigenvalue weighted by molar-refractivity contribution is -0.143. The van der Waals surface area contributed by atoms with Crippen LogP contribution in [0, 0.1) is 0 Å². The lowest BCUT2D eigenvalue weighted by Gasteiger charge is -2.24. The summed E-state index contributed by atoms with van der Waals surface area (Å²) in [6, 6.07) is 0. The molecule has 2 unspecified atom stereocenters. The molecule has 20 heavy (non-hydrogen) atoms. The van der Waals surface area contributed by atoms with Gasteiger partial charge in [0.1, 0.15) is 11.7 Å². The van der Waals surface area contributed by atoms with Crippen molar-refractivity contribution in [2.45, 2.75) is 37.6 Å². The van der Waals surface area contributed by atoms with Crippen molar-refractivity contribution in [3.05, 3.63) is 16.7 Å². The smallest absolute Gasteiger partial charge is 0.314 e. The third-order valence-electron chi connectivity index (χ3n) is 4.44. The molecule has 2 atom stereocenters. The van der Waals surface area contributed by atoms with E-state index in [0.29, 0.717) is 11.1 Å². The van der Waals surface area contributed by atoms with E-state index in [4.69, 9.17) is 16.3 Å². The predicted molar refractivity (Wildman–Crippen MR) is 76.1 cm³/mol. The summed E-state index contributed by atoms with van der Waals surface area (Å²) in [7, 11) is 3.55. The molecule has 1 fully saturated rings. The molecule has 0 bridgehead atoms. The van der Waals surface area contributed by atoms with Crippen LogP contribution in [-0.4, -0.2) is 47.7 Å². The standard InChI is InChI=1S/C14H20ClN3O2/c1-17-7-5-9(8-17)13-16-12(15)11-10(14(19)20-2)4-3-6-18(11)13/h9-10H,3-8H2,1-2H3. The third kappa shape index (κ3) is 2.23. The molecule has 3 rings (SSSR count). The summed E-state index contributed by atoms with van der Waals surface area (Å²) in [4.78, 5) is 18.8. The van der Waals surface area contributed by atoms with E-state index >= 15 is 0 Å². The monoisotopic (exact) mass is 297 g/mol. The molecule has 0 saturated carbocycles. The van der Waals surface area contributed by atoms with Crippen molar-refractivity contribution in [1.82, 2.24) is 14.5 Å². The molecule has 1 aromatic heterocycles. The van der Waals surface area contributed by atoms with E-state index in [2.05, 4.69) is 21.5 Å². The SMILES string of the molecule is COC(=O)C1CCCn2c(C3CCN(C)C3)nc(Cl)c21. The first-order valence-electron chi connectivity index (χ1n) is 7.14. The topological polar surface area (TPSA) is 47.4 Å². The molecule has 0 spiro atoms. The Kier molecular flexibility index (Phi) is 3.73. The number of hydrogen-bond donors (Lipinski definition) is 0. The fourth-order valence-electron chi connectivity index (χ4n) is 3.44. The second-order valence-electron chi connectivity index (χ2n) is 5.76. The second kappa shape index (κ2) is 5.37. The summed E-state index contributed by atoms with van der Waals surface area (Å²) in [5.74, 6) is 0.995. The van der Waals surface area contributed by atoms with Crippen LogP contribution in [0.3, 0.4) is 0 Å². The van der Waals surface area contributed by atoms with E-state index in [0.717, 1.165) is 50.4 Å². The molecular weight excluding hydrogens is 278 g/mol. The predicted octanol–water partition coefficient (Wildman–Crippen LogP) is 2.01. The van der Waals surface area contributed by atoms with Gasteiger partial charge in [-0.2, -0.15) is 0 Å². The summed E-state index contributed by atoms with van der Waals surface area (Å²) in [5, 5.41) is 0.477. The molecule has 1 saturated heterocycles. The zero-order chi connectivity index (χ0) is 14.3. The molecular formula is C14H20ClN3O2. The van der Waals surface area contributed by atoms with E-state index < -0.39 is 0 Å². The van der Waals surface area contributed by atoms with Gasteiger partial charge in [0.05, 0.1) is 12.8 Å². The van der Waals surface area contributed by atoms with Crippen molar-refractivity contribution in [2.75, 3.05) is 27.2 Å². The fraction of sp³-hybridized carbons (Fsp3) is 0.714. The number of imidazole rings is 1. The third-order valence-corrected chi connectivity index (χ3v) is 4.72. The average molecular weight is 298 g/mol. The van der Waals surface area contributed by atoms with Crippen LogP contribution in [-0.2, 0) is 16.1 Å². The fourth-order valence-corrected chi connectivity index (χ4v) is 3.76.